The molecule has 0 aliphatic rings. The van der Waals surface area contributed by atoms with Crippen LogP contribution < -0.4 is 10.1 Å². The summed E-state index contributed by atoms with van der Waals surface area (Å²) in [5.41, 5.74) is 0.903. The van der Waals surface area contributed by atoms with Crippen LogP contribution in [0.15, 0.2) is 18.2 Å². The molecule has 1 N–H and O–H groups in total. The van der Waals surface area contributed by atoms with Gasteiger partial charge in [-0.05, 0) is 31.0 Å². The van der Waals surface area contributed by atoms with Gasteiger partial charge in [-0.15, -0.1) is 11.6 Å². The van der Waals surface area contributed by atoms with Gasteiger partial charge in [0.05, 0.1) is 7.11 Å². The minimum atomic E-state index is -0.327. The Morgan fingerprint density at radius 1 is 1.50 bits per heavy atom. The summed E-state index contributed by atoms with van der Waals surface area (Å²) in [6, 6.07) is 5.31. The number of benzene rings is 1. The molecular formula is C12H17ClFNO. The van der Waals surface area contributed by atoms with Gasteiger partial charge in [-0.2, -0.15) is 0 Å². The summed E-state index contributed by atoms with van der Waals surface area (Å²) in [6.07, 6.45) is 0.903. The molecular weight excluding hydrogens is 229 g/mol. The van der Waals surface area contributed by atoms with E-state index in [2.05, 4.69) is 12.2 Å². The van der Waals surface area contributed by atoms with E-state index in [0.717, 1.165) is 12.0 Å². The second kappa shape index (κ2) is 6.71. The number of hydrogen-bond donors (Lipinski definition) is 1. The summed E-state index contributed by atoms with van der Waals surface area (Å²) in [5.74, 6) is 0.579. The van der Waals surface area contributed by atoms with Crippen LogP contribution in [0, 0.1) is 5.82 Å². The van der Waals surface area contributed by atoms with Crippen molar-refractivity contribution in [2.75, 3.05) is 13.0 Å². The van der Waals surface area contributed by atoms with Crippen molar-refractivity contribution in [1.29, 1.82) is 0 Å². The SMILES string of the molecule is COc1ccc(CNC(C)CCCl)cc1F. The molecule has 0 radical (unpaired) electrons. The molecule has 90 valence electrons. The van der Waals surface area contributed by atoms with Crippen LogP contribution in [0.25, 0.3) is 0 Å². The molecule has 2 nitrogen and oxygen atoms in total. The minimum absolute atomic E-state index is 0.276. The topological polar surface area (TPSA) is 21.3 Å². The van der Waals surface area contributed by atoms with E-state index in [1.807, 2.05) is 6.07 Å². The maximum Gasteiger partial charge on any atom is 0.165 e. The number of halogens is 2. The number of alkyl halides is 1. The van der Waals surface area contributed by atoms with E-state index in [9.17, 15) is 4.39 Å². The summed E-state index contributed by atoms with van der Waals surface area (Å²) < 4.78 is 18.2. The van der Waals surface area contributed by atoms with Crippen molar-refractivity contribution in [2.24, 2.45) is 0 Å². The molecule has 0 spiro atoms. The largest absolute Gasteiger partial charge is 0.494 e. The van der Waals surface area contributed by atoms with Crippen LogP contribution in [0.4, 0.5) is 4.39 Å². The summed E-state index contributed by atoms with van der Waals surface area (Å²) in [6.45, 7) is 2.70. The fraction of sp³-hybridized carbons (Fsp3) is 0.500. The second-order valence-electron chi connectivity index (χ2n) is 3.73. The lowest BCUT2D eigenvalue weighted by Crippen LogP contribution is -2.25. The maximum atomic E-state index is 13.3. The lowest BCUT2D eigenvalue weighted by atomic mass is 10.2. The highest BCUT2D eigenvalue weighted by atomic mass is 35.5. The highest BCUT2D eigenvalue weighted by molar-refractivity contribution is 6.17. The molecule has 1 rings (SSSR count). The van der Waals surface area contributed by atoms with E-state index in [4.69, 9.17) is 16.3 Å². The zero-order valence-corrected chi connectivity index (χ0v) is 10.4. The zero-order chi connectivity index (χ0) is 12.0. The van der Waals surface area contributed by atoms with Crippen LogP contribution in [0.3, 0.4) is 0 Å². The van der Waals surface area contributed by atoms with Gasteiger partial charge in [0.1, 0.15) is 0 Å². The molecule has 16 heavy (non-hydrogen) atoms. The summed E-state index contributed by atoms with van der Waals surface area (Å²) in [4.78, 5) is 0. The second-order valence-corrected chi connectivity index (χ2v) is 4.11. The van der Waals surface area contributed by atoms with Crippen LogP contribution in [0.2, 0.25) is 0 Å². The molecule has 0 heterocycles. The Morgan fingerprint density at radius 2 is 2.25 bits per heavy atom. The molecule has 0 saturated heterocycles. The predicted molar refractivity (Wildman–Crippen MR) is 64.6 cm³/mol. The van der Waals surface area contributed by atoms with Gasteiger partial charge < -0.3 is 10.1 Å². The Labute approximate surface area is 101 Å². The van der Waals surface area contributed by atoms with Gasteiger partial charge in [-0.25, -0.2) is 4.39 Å². The molecule has 1 atom stereocenters. The molecule has 0 aliphatic heterocycles. The van der Waals surface area contributed by atoms with Gasteiger partial charge >= 0.3 is 0 Å². The van der Waals surface area contributed by atoms with E-state index in [0.29, 0.717) is 18.5 Å². The Hall–Kier alpha value is -0.800. The van der Waals surface area contributed by atoms with Crippen LogP contribution in [-0.2, 0) is 6.54 Å². The third-order valence-electron chi connectivity index (χ3n) is 2.41. The van der Waals surface area contributed by atoms with E-state index in [1.165, 1.54) is 13.2 Å². The number of hydrogen-bond acceptors (Lipinski definition) is 2. The molecule has 1 unspecified atom stereocenters. The maximum absolute atomic E-state index is 13.3. The van der Waals surface area contributed by atoms with Crippen molar-refractivity contribution in [3.8, 4) is 5.75 Å². The Kier molecular flexibility index (Phi) is 5.56. The van der Waals surface area contributed by atoms with E-state index in [1.54, 1.807) is 6.07 Å². The molecule has 0 fully saturated rings. The van der Waals surface area contributed by atoms with Crippen molar-refractivity contribution in [2.45, 2.75) is 25.9 Å². The number of rotatable bonds is 6. The highest BCUT2D eigenvalue weighted by Gasteiger charge is 2.04. The molecule has 0 saturated carbocycles. The highest BCUT2D eigenvalue weighted by Crippen LogP contribution is 2.17. The average Bonchev–Trinajstić information content (AvgIpc) is 2.27. The van der Waals surface area contributed by atoms with E-state index >= 15 is 0 Å². The first-order valence-corrected chi connectivity index (χ1v) is 5.82. The Morgan fingerprint density at radius 3 is 2.81 bits per heavy atom. The third-order valence-corrected chi connectivity index (χ3v) is 2.63. The third kappa shape index (κ3) is 3.99. The minimum Gasteiger partial charge on any atom is -0.494 e. The average molecular weight is 246 g/mol. The number of ether oxygens (including phenoxy) is 1. The first kappa shape index (κ1) is 13.3. The summed E-state index contributed by atoms with van der Waals surface area (Å²) in [5, 5.41) is 3.27. The summed E-state index contributed by atoms with van der Waals surface area (Å²) >= 11 is 5.63. The monoisotopic (exact) mass is 245 g/mol. The number of methoxy groups -OCH3 is 1. The predicted octanol–water partition coefficient (Wildman–Crippen LogP) is 2.94. The molecule has 0 amide bonds. The molecule has 4 heteroatoms. The van der Waals surface area contributed by atoms with E-state index in [-0.39, 0.29) is 11.6 Å². The van der Waals surface area contributed by atoms with Crippen LogP contribution in [0.1, 0.15) is 18.9 Å². The first-order chi connectivity index (χ1) is 7.67. The van der Waals surface area contributed by atoms with Gasteiger partial charge in [0.2, 0.25) is 0 Å². The van der Waals surface area contributed by atoms with Crippen molar-refractivity contribution < 1.29 is 9.13 Å². The van der Waals surface area contributed by atoms with Gasteiger partial charge in [0, 0.05) is 18.5 Å². The smallest absolute Gasteiger partial charge is 0.165 e. The quantitative estimate of drug-likeness (QED) is 0.778. The fourth-order valence-corrected chi connectivity index (χ4v) is 1.70. The van der Waals surface area contributed by atoms with E-state index < -0.39 is 0 Å². The van der Waals surface area contributed by atoms with Crippen molar-refractivity contribution in [3.63, 3.8) is 0 Å². The Bertz CT molecular complexity index is 333. The first-order valence-electron chi connectivity index (χ1n) is 5.29. The van der Waals surface area contributed by atoms with Crippen molar-refractivity contribution in [3.05, 3.63) is 29.6 Å². The fourth-order valence-electron chi connectivity index (χ4n) is 1.38. The lowest BCUT2D eigenvalue weighted by Gasteiger charge is -2.12. The molecule has 0 bridgehead atoms. The standard InChI is InChI=1S/C12H17ClFNO/c1-9(5-6-13)15-8-10-3-4-12(16-2)11(14)7-10/h3-4,7,9,15H,5-6,8H2,1-2H3. The lowest BCUT2D eigenvalue weighted by molar-refractivity contribution is 0.386. The molecule has 1 aromatic carbocycles. The number of nitrogens with one attached hydrogen (secondary N) is 1. The van der Waals surface area contributed by atoms with Crippen molar-refractivity contribution >= 4 is 11.6 Å². The van der Waals surface area contributed by atoms with Crippen LogP contribution in [-0.4, -0.2) is 19.0 Å². The van der Waals surface area contributed by atoms with Crippen LogP contribution in [0.5, 0.6) is 5.75 Å². The van der Waals surface area contributed by atoms with Crippen LogP contribution >= 0.6 is 11.6 Å². The van der Waals surface area contributed by atoms with Gasteiger partial charge in [0.25, 0.3) is 0 Å². The van der Waals surface area contributed by atoms with Crippen molar-refractivity contribution in [1.82, 2.24) is 5.32 Å². The molecule has 0 aliphatic carbocycles. The molecule has 0 aromatic heterocycles. The van der Waals surface area contributed by atoms with Gasteiger partial charge in [-0.3, -0.25) is 0 Å². The summed E-state index contributed by atoms with van der Waals surface area (Å²) in [7, 11) is 1.46. The zero-order valence-electron chi connectivity index (χ0n) is 9.59. The Balaban J connectivity index is 2.51. The van der Waals surface area contributed by atoms with Gasteiger partial charge in [-0.1, -0.05) is 6.07 Å². The molecule has 1 aromatic rings. The van der Waals surface area contributed by atoms with Gasteiger partial charge in [0.15, 0.2) is 11.6 Å². The normalized spacial score (nSPS) is 12.5.